The molecule has 3 atom stereocenters. The summed E-state index contributed by atoms with van der Waals surface area (Å²) in [7, 11) is 0. The van der Waals surface area contributed by atoms with Crippen molar-refractivity contribution in [1.29, 1.82) is 0 Å². The van der Waals surface area contributed by atoms with Gasteiger partial charge in [0.15, 0.2) is 0 Å². The van der Waals surface area contributed by atoms with Crippen LogP contribution in [0.2, 0.25) is 0 Å². The van der Waals surface area contributed by atoms with E-state index in [-0.39, 0.29) is 18.9 Å². The lowest BCUT2D eigenvalue weighted by Crippen LogP contribution is -2.10. The monoisotopic (exact) mass is 132 g/mol. The second-order valence-electron chi connectivity index (χ2n) is 2.83. The van der Waals surface area contributed by atoms with E-state index in [2.05, 4.69) is 6.92 Å². The Morgan fingerprint density at radius 1 is 1.56 bits per heavy atom. The first-order valence-electron chi connectivity index (χ1n) is 3.45. The topological polar surface area (TPSA) is 9.23 Å². The molecule has 0 aromatic rings. The summed E-state index contributed by atoms with van der Waals surface area (Å²) in [5, 5.41) is 0. The minimum Gasteiger partial charge on any atom is -0.372 e. The second-order valence-corrected chi connectivity index (χ2v) is 2.83. The molecule has 0 amide bonds. The van der Waals surface area contributed by atoms with Gasteiger partial charge in [-0.05, 0) is 19.3 Å². The van der Waals surface area contributed by atoms with Crippen molar-refractivity contribution in [3.63, 3.8) is 0 Å². The third-order valence-corrected chi connectivity index (χ3v) is 2.02. The van der Waals surface area contributed by atoms with Gasteiger partial charge in [-0.1, -0.05) is 6.92 Å². The lowest BCUT2D eigenvalue weighted by Gasteiger charge is -2.06. The summed E-state index contributed by atoms with van der Waals surface area (Å²) in [6.45, 7) is 3.77. The third-order valence-electron chi connectivity index (χ3n) is 2.02. The lowest BCUT2D eigenvalue weighted by molar-refractivity contribution is 0.0341. The van der Waals surface area contributed by atoms with E-state index in [1.807, 2.05) is 6.92 Å². The lowest BCUT2D eigenvalue weighted by atomic mass is 10.0. The minimum atomic E-state index is -0.325. The van der Waals surface area contributed by atoms with Crippen molar-refractivity contribution in [3.8, 4) is 0 Å². The van der Waals surface area contributed by atoms with Crippen molar-refractivity contribution in [2.75, 3.05) is 6.67 Å². The summed E-state index contributed by atoms with van der Waals surface area (Å²) in [6.07, 6.45) is 1.03. The van der Waals surface area contributed by atoms with Crippen molar-refractivity contribution in [3.05, 3.63) is 0 Å². The Labute approximate surface area is 55.2 Å². The Morgan fingerprint density at radius 3 is 2.44 bits per heavy atom. The molecule has 54 valence electrons. The highest BCUT2D eigenvalue weighted by atomic mass is 19.1. The molecule has 0 aromatic carbocycles. The maximum absolute atomic E-state index is 11.9. The smallest absolute Gasteiger partial charge is 0.116 e. The van der Waals surface area contributed by atoms with Crippen LogP contribution in [0, 0.1) is 5.92 Å². The molecule has 0 saturated carbocycles. The Bertz CT molecular complexity index is 84.9. The van der Waals surface area contributed by atoms with Gasteiger partial charge in [-0.2, -0.15) is 0 Å². The van der Waals surface area contributed by atoms with Crippen molar-refractivity contribution in [1.82, 2.24) is 0 Å². The molecular formula is C7H13FO. The Balaban J connectivity index is 2.35. The molecule has 1 fully saturated rings. The minimum absolute atomic E-state index is 0.116. The van der Waals surface area contributed by atoms with E-state index in [1.54, 1.807) is 0 Å². The van der Waals surface area contributed by atoms with Gasteiger partial charge in [0, 0.05) is 0 Å². The molecule has 0 bridgehead atoms. The second kappa shape index (κ2) is 2.65. The highest BCUT2D eigenvalue weighted by molar-refractivity contribution is 4.75. The largest absolute Gasteiger partial charge is 0.372 e. The zero-order valence-electron chi connectivity index (χ0n) is 5.93. The average Bonchev–Trinajstić information content (AvgIpc) is 2.13. The fraction of sp³-hybridized carbons (Fsp3) is 1.00. The quantitative estimate of drug-likeness (QED) is 0.528. The van der Waals surface area contributed by atoms with Crippen LogP contribution in [0.25, 0.3) is 0 Å². The van der Waals surface area contributed by atoms with Gasteiger partial charge in [0.25, 0.3) is 0 Å². The van der Waals surface area contributed by atoms with E-state index in [4.69, 9.17) is 4.74 Å². The summed E-state index contributed by atoms with van der Waals surface area (Å²) < 4.78 is 17.2. The number of alkyl halides is 1. The molecule has 3 unspecified atom stereocenters. The van der Waals surface area contributed by atoms with Crippen molar-refractivity contribution in [2.24, 2.45) is 5.92 Å². The Hall–Kier alpha value is -0.110. The molecule has 1 rings (SSSR count). The molecule has 2 heteroatoms. The summed E-state index contributed by atoms with van der Waals surface area (Å²) in [4.78, 5) is 0. The molecular weight excluding hydrogens is 119 g/mol. The van der Waals surface area contributed by atoms with E-state index in [9.17, 15) is 4.39 Å². The van der Waals surface area contributed by atoms with Crippen molar-refractivity contribution < 1.29 is 9.13 Å². The Morgan fingerprint density at radius 2 is 2.22 bits per heavy atom. The number of rotatable bonds is 1. The number of hydrogen-bond acceptors (Lipinski definition) is 1. The first kappa shape index (κ1) is 7.00. The fourth-order valence-corrected chi connectivity index (χ4v) is 1.20. The van der Waals surface area contributed by atoms with Gasteiger partial charge in [-0.15, -0.1) is 0 Å². The molecule has 0 aliphatic carbocycles. The van der Waals surface area contributed by atoms with Crippen LogP contribution >= 0.6 is 0 Å². The van der Waals surface area contributed by atoms with Gasteiger partial charge >= 0.3 is 0 Å². The van der Waals surface area contributed by atoms with Gasteiger partial charge in [0.2, 0.25) is 0 Å². The maximum atomic E-state index is 11.9. The van der Waals surface area contributed by atoms with Gasteiger partial charge in [0.05, 0.1) is 12.2 Å². The van der Waals surface area contributed by atoms with Gasteiger partial charge in [0.1, 0.15) is 6.67 Å². The normalized spacial score (nSPS) is 43.7. The zero-order chi connectivity index (χ0) is 6.85. The van der Waals surface area contributed by atoms with Crippen LogP contribution in [0.15, 0.2) is 0 Å². The summed E-state index contributed by atoms with van der Waals surface area (Å²) >= 11 is 0. The van der Waals surface area contributed by atoms with E-state index >= 15 is 0 Å². The molecule has 0 aromatic heterocycles. The van der Waals surface area contributed by atoms with E-state index in [1.165, 1.54) is 0 Å². The van der Waals surface area contributed by atoms with Crippen LogP contribution in [0.4, 0.5) is 4.39 Å². The van der Waals surface area contributed by atoms with E-state index in [0.717, 1.165) is 6.42 Å². The summed E-state index contributed by atoms with van der Waals surface area (Å²) in [5.41, 5.74) is 0. The molecule has 1 heterocycles. The molecule has 9 heavy (non-hydrogen) atoms. The van der Waals surface area contributed by atoms with Crippen LogP contribution in [-0.2, 0) is 4.74 Å². The third kappa shape index (κ3) is 1.42. The highest BCUT2D eigenvalue weighted by Crippen LogP contribution is 2.25. The zero-order valence-corrected chi connectivity index (χ0v) is 5.93. The molecule has 0 spiro atoms. The van der Waals surface area contributed by atoms with Gasteiger partial charge < -0.3 is 4.74 Å². The van der Waals surface area contributed by atoms with Crippen molar-refractivity contribution >= 4 is 0 Å². The van der Waals surface area contributed by atoms with Crippen LogP contribution in [0.3, 0.4) is 0 Å². The number of ether oxygens (including phenoxy) is 1. The first-order valence-corrected chi connectivity index (χ1v) is 3.45. The first-order chi connectivity index (χ1) is 4.24. The summed E-state index contributed by atoms with van der Waals surface area (Å²) in [5.74, 6) is 0.533. The molecule has 0 radical (unpaired) electrons. The molecule has 1 aliphatic heterocycles. The Kier molecular flexibility index (Phi) is 2.06. The number of halogens is 1. The molecule has 1 nitrogen and oxygen atoms in total. The molecule has 1 saturated heterocycles. The van der Waals surface area contributed by atoms with Gasteiger partial charge in [-0.3, -0.25) is 0 Å². The fourth-order valence-electron chi connectivity index (χ4n) is 1.20. The predicted molar refractivity (Wildman–Crippen MR) is 34.1 cm³/mol. The summed E-state index contributed by atoms with van der Waals surface area (Å²) in [6, 6.07) is 0. The van der Waals surface area contributed by atoms with E-state index in [0.29, 0.717) is 5.92 Å². The van der Waals surface area contributed by atoms with Crippen LogP contribution in [-0.4, -0.2) is 18.9 Å². The van der Waals surface area contributed by atoms with Crippen LogP contribution < -0.4 is 0 Å². The van der Waals surface area contributed by atoms with Crippen LogP contribution in [0.1, 0.15) is 20.3 Å². The highest BCUT2D eigenvalue weighted by Gasteiger charge is 2.28. The number of hydrogen-bond donors (Lipinski definition) is 0. The predicted octanol–water partition coefficient (Wildman–Crippen LogP) is 1.77. The average molecular weight is 132 g/mol. The molecule has 1 aliphatic rings. The molecule has 0 N–H and O–H groups in total. The van der Waals surface area contributed by atoms with Crippen molar-refractivity contribution in [2.45, 2.75) is 32.5 Å². The van der Waals surface area contributed by atoms with Crippen LogP contribution in [0.5, 0.6) is 0 Å². The maximum Gasteiger partial charge on any atom is 0.116 e. The standard InChI is InChI=1S/C7H13FO/c1-5-3-7(4-8)9-6(5)2/h5-7H,3-4H2,1-2H3. The van der Waals surface area contributed by atoms with E-state index < -0.39 is 0 Å². The van der Waals surface area contributed by atoms with Gasteiger partial charge in [-0.25, -0.2) is 4.39 Å². The SMILES string of the molecule is CC1CC(CF)OC1C.